The highest BCUT2D eigenvalue weighted by atomic mass is 35.5. The molecular weight excluding hydrogens is 301 g/mol. The molecule has 2 atom stereocenters. The Kier molecular flexibility index (Phi) is 3.36. The summed E-state index contributed by atoms with van der Waals surface area (Å²) in [6.07, 6.45) is 1.03. The molecule has 1 saturated carbocycles. The average Bonchev–Trinajstić information content (AvgIpc) is 3.07. The van der Waals surface area contributed by atoms with Gasteiger partial charge in [-0.25, -0.2) is 0 Å². The molecule has 0 spiro atoms. The van der Waals surface area contributed by atoms with E-state index in [-0.39, 0.29) is 5.15 Å². The third-order valence-corrected chi connectivity index (χ3v) is 4.53. The Bertz CT molecular complexity index is 662. The van der Waals surface area contributed by atoms with Gasteiger partial charge in [-0.1, -0.05) is 35.3 Å². The number of aromatic nitrogens is 1. The third kappa shape index (κ3) is 2.55. The lowest BCUT2D eigenvalue weighted by atomic mass is 10.1. The molecule has 1 aliphatic carbocycles. The number of nitrogens with zero attached hydrogens (tertiary/aromatic N) is 2. The normalized spacial score (nSPS) is 20.9. The summed E-state index contributed by atoms with van der Waals surface area (Å²) < 4.78 is 3.98. The van der Waals surface area contributed by atoms with Gasteiger partial charge in [0.25, 0.3) is 0 Å². The largest absolute Gasteiger partial charge is 0.371 e. The monoisotopic (exact) mass is 309 g/mol. The summed E-state index contributed by atoms with van der Waals surface area (Å²) in [5, 5.41) is 14.1. The van der Waals surface area contributed by atoms with E-state index in [1.165, 1.54) is 17.1 Å². The van der Waals surface area contributed by atoms with Gasteiger partial charge in [-0.3, -0.25) is 0 Å². The van der Waals surface area contributed by atoms with Crippen LogP contribution in [0, 0.1) is 11.3 Å². The van der Waals surface area contributed by atoms with Crippen LogP contribution >= 0.6 is 34.7 Å². The molecule has 1 aromatic heterocycles. The van der Waals surface area contributed by atoms with Gasteiger partial charge < -0.3 is 5.32 Å². The van der Waals surface area contributed by atoms with E-state index in [9.17, 15) is 0 Å². The minimum absolute atomic E-state index is 0.273. The molecule has 2 aromatic rings. The SMILES string of the molecule is N#Cc1c(Cl)nsc1N[C@@H]1C[C@@H]1c1cccc(Cl)c1. The van der Waals surface area contributed by atoms with Crippen molar-refractivity contribution in [3.63, 3.8) is 0 Å². The summed E-state index contributed by atoms with van der Waals surface area (Å²) in [4.78, 5) is 0. The molecule has 19 heavy (non-hydrogen) atoms. The Morgan fingerprint density at radius 2 is 2.26 bits per heavy atom. The molecule has 1 aromatic carbocycles. The van der Waals surface area contributed by atoms with Crippen LogP contribution in [0.2, 0.25) is 10.2 Å². The molecule has 96 valence electrons. The molecule has 1 aliphatic rings. The summed E-state index contributed by atoms with van der Waals surface area (Å²) in [7, 11) is 0. The van der Waals surface area contributed by atoms with Gasteiger partial charge in [-0.05, 0) is 35.6 Å². The quantitative estimate of drug-likeness (QED) is 0.920. The molecule has 0 unspecified atom stereocenters. The number of benzene rings is 1. The maximum Gasteiger partial charge on any atom is 0.162 e. The number of anilines is 1. The van der Waals surface area contributed by atoms with Crippen LogP contribution in [0.5, 0.6) is 0 Å². The van der Waals surface area contributed by atoms with E-state index in [0.29, 0.717) is 17.5 Å². The maximum absolute atomic E-state index is 9.02. The first-order valence-corrected chi connectivity index (χ1v) is 7.29. The average molecular weight is 310 g/mol. The van der Waals surface area contributed by atoms with Crippen molar-refractivity contribution in [1.82, 2.24) is 4.37 Å². The molecule has 0 aliphatic heterocycles. The van der Waals surface area contributed by atoms with E-state index in [4.69, 9.17) is 28.5 Å². The zero-order valence-electron chi connectivity index (χ0n) is 9.73. The first kappa shape index (κ1) is 12.7. The molecule has 1 heterocycles. The van der Waals surface area contributed by atoms with Crippen LogP contribution in [0.4, 0.5) is 5.00 Å². The van der Waals surface area contributed by atoms with Gasteiger partial charge in [-0.2, -0.15) is 9.64 Å². The van der Waals surface area contributed by atoms with Crippen LogP contribution in [0.1, 0.15) is 23.5 Å². The van der Waals surface area contributed by atoms with Crippen LogP contribution in [0.15, 0.2) is 24.3 Å². The first-order valence-electron chi connectivity index (χ1n) is 5.76. The third-order valence-electron chi connectivity index (χ3n) is 3.15. The predicted molar refractivity (Wildman–Crippen MR) is 78.1 cm³/mol. The van der Waals surface area contributed by atoms with Crippen molar-refractivity contribution in [2.75, 3.05) is 5.32 Å². The fraction of sp³-hybridized carbons (Fsp3) is 0.231. The van der Waals surface area contributed by atoms with Crippen molar-refractivity contribution >= 4 is 39.7 Å². The molecule has 1 N–H and O–H groups in total. The summed E-state index contributed by atoms with van der Waals surface area (Å²) in [6.45, 7) is 0. The molecular formula is C13H9Cl2N3S. The minimum atomic E-state index is 0.273. The highest BCUT2D eigenvalue weighted by molar-refractivity contribution is 7.10. The van der Waals surface area contributed by atoms with Crippen LogP contribution in [-0.2, 0) is 0 Å². The number of rotatable bonds is 3. The smallest absolute Gasteiger partial charge is 0.162 e. The van der Waals surface area contributed by atoms with Gasteiger partial charge in [0.1, 0.15) is 16.6 Å². The van der Waals surface area contributed by atoms with Gasteiger partial charge >= 0.3 is 0 Å². The van der Waals surface area contributed by atoms with E-state index >= 15 is 0 Å². The maximum atomic E-state index is 9.02. The fourth-order valence-electron chi connectivity index (χ4n) is 2.09. The Hall–Kier alpha value is -1.28. The van der Waals surface area contributed by atoms with Gasteiger partial charge in [0.15, 0.2) is 5.15 Å². The summed E-state index contributed by atoms with van der Waals surface area (Å²) in [6, 6.07) is 10.3. The van der Waals surface area contributed by atoms with Crippen LogP contribution in [0.3, 0.4) is 0 Å². The summed E-state index contributed by atoms with van der Waals surface area (Å²) in [5.74, 6) is 0.436. The molecule has 0 bridgehead atoms. The van der Waals surface area contributed by atoms with Crippen molar-refractivity contribution in [2.45, 2.75) is 18.4 Å². The highest BCUT2D eigenvalue weighted by Crippen LogP contribution is 2.44. The summed E-state index contributed by atoms with van der Waals surface area (Å²) in [5.41, 5.74) is 1.66. The minimum Gasteiger partial charge on any atom is -0.371 e. The van der Waals surface area contributed by atoms with Crippen molar-refractivity contribution in [1.29, 1.82) is 5.26 Å². The Balaban J connectivity index is 1.73. The Morgan fingerprint density at radius 3 is 3.00 bits per heavy atom. The molecule has 6 heteroatoms. The van der Waals surface area contributed by atoms with Crippen LogP contribution in [0.25, 0.3) is 0 Å². The van der Waals surface area contributed by atoms with Gasteiger partial charge in [0.2, 0.25) is 0 Å². The Labute approximate surface area is 124 Å². The zero-order valence-corrected chi connectivity index (χ0v) is 12.1. The van der Waals surface area contributed by atoms with Crippen LogP contribution in [-0.4, -0.2) is 10.4 Å². The highest BCUT2D eigenvalue weighted by Gasteiger charge is 2.39. The number of halogens is 2. The van der Waals surface area contributed by atoms with Crippen molar-refractivity contribution < 1.29 is 0 Å². The lowest BCUT2D eigenvalue weighted by molar-refractivity contribution is 1.05. The second kappa shape index (κ2) is 5.01. The lowest BCUT2D eigenvalue weighted by Gasteiger charge is -2.03. The van der Waals surface area contributed by atoms with Crippen molar-refractivity contribution in [2.24, 2.45) is 0 Å². The number of nitriles is 1. The number of hydrogen-bond donors (Lipinski definition) is 1. The van der Waals surface area contributed by atoms with E-state index < -0.39 is 0 Å². The fourth-order valence-corrected chi connectivity index (χ4v) is 3.29. The molecule has 0 radical (unpaired) electrons. The van der Waals surface area contributed by atoms with E-state index in [1.54, 1.807) is 0 Å². The van der Waals surface area contributed by atoms with E-state index in [0.717, 1.165) is 16.4 Å². The second-order valence-electron chi connectivity index (χ2n) is 4.44. The second-order valence-corrected chi connectivity index (χ2v) is 6.01. The van der Waals surface area contributed by atoms with Gasteiger partial charge in [-0.15, -0.1) is 0 Å². The standard InChI is InChI=1S/C13H9Cl2N3S/c14-8-3-1-2-7(4-8)9-5-11(9)17-13-10(6-16)12(15)18-19-13/h1-4,9,11,17H,5H2/t9-,11-/m1/s1. The molecule has 0 saturated heterocycles. The summed E-state index contributed by atoms with van der Waals surface area (Å²) >= 11 is 13.1. The number of nitrogens with one attached hydrogen (secondary N) is 1. The van der Waals surface area contributed by atoms with Crippen LogP contribution < -0.4 is 5.32 Å². The molecule has 3 nitrogen and oxygen atoms in total. The predicted octanol–water partition coefficient (Wildman–Crippen LogP) is 4.29. The van der Waals surface area contributed by atoms with Gasteiger partial charge in [0, 0.05) is 17.0 Å². The van der Waals surface area contributed by atoms with E-state index in [1.807, 2.05) is 18.2 Å². The molecule has 3 rings (SSSR count). The zero-order chi connectivity index (χ0) is 13.4. The molecule has 1 fully saturated rings. The van der Waals surface area contributed by atoms with Crippen molar-refractivity contribution in [3.05, 3.63) is 45.6 Å². The van der Waals surface area contributed by atoms with Crippen molar-refractivity contribution in [3.8, 4) is 6.07 Å². The molecule has 0 amide bonds. The Morgan fingerprint density at radius 1 is 1.42 bits per heavy atom. The number of hydrogen-bond acceptors (Lipinski definition) is 4. The van der Waals surface area contributed by atoms with E-state index in [2.05, 4.69) is 21.8 Å². The lowest BCUT2D eigenvalue weighted by Crippen LogP contribution is -2.03. The van der Waals surface area contributed by atoms with Gasteiger partial charge in [0.05, 0.1) is 0 Å². The first-order chi connectivity index (χ1) is 9.19. The topological polar surface area (TPSA) is 48.7 Å².